The first-order chi connectivity index (χ1) is 14.6. The molecule has 1 fully saturated rings. The number of carbonyl (C=O) groups excluding carboxylic acids is 2. The molecule has 30 heavy (non-hydrogen) atoms. The van der Waals surface area contributed by atoms with Gasteiger partial charge in [-0.2, -0.15) is 0 Å². The Bertz CT molecular complexity index is 634. The van der Waals surface area contributed by atoms with E-state index >= 15 is 0 Å². The number of hydrogen-bond acceptors (Lipinski definition) is 4. The molecule has 1 atom stereocenters. The zero-order chi connectivity index (χ0) is 21.6. The number of carbonyl (C=O) groups is 2. The van der Waals surface area contributed by atoms with Crippen LogP contribution in [0.5, 0.6) is 0 Å². The molecule has 0 saturated heterocycles. The van der Waals surface area contributed by atoms with Gasteiger partial charge in [-0.05, 0) is 44.2 Å². The summed E-state index contributed by atoms with van der Waals surface area (Å²) in [5.41, 5.74) is 0.608. The second kappa shape index (κ2) is 14.2. The van der Waals surface area contributed by atoms with E-state index in [-0.39, 0.29) is 6.10 Å². The highest BCUT2D eigenvalue weighted by Gasteiger charge is 2.26. The first-order valence-electron chi connectivity index (χ1n) is 12.1. The summed E-state index contributed by atoms with van der Waals surface area (Å²) in [7, 11) is 0. The van der Waals surface area contributed by atoms with Gasteiger partial charge in [-0.3, -0.25) is 0 Å². The van der Waals surface area contributed by atoms with E-state index in [0.29, 0.717) is 23.7 Å². The molecule has 1 aliphatic carbocycles. The Hall–Kier alpha value is -1.84. The lowest BCUT2D eigenvalue weighted by molar-refractivity contribution is 0.0196. The summed E-state index contributed by atoms with van der Waals surface area (Å²) in [5.74, 6) is -0.430. The van der Waals surface area contributed by atoms with E-state index in [1.54, 1.807) is 24.3 Å². The van der Waals surface area contributed by atoms with Crippen molar-refractivity contribution in [2.24, 2.45) is 5.92 Å². The highest BCUT2D eigenvalue weighted by molar-refractivity contribution is 6.03. The van der Waals surface area contributed by atoms with E-state index in [0.717, 1.165) is 25.7 Å². The molecule has 0 amide bonds. The van der Waals surface area contributed by atoms with Crippen LogP contribution < -0.4 is 0 Å². The molecule has 0 N–H and O–H groups in total. The molecular weight excluding hydrogens is 376 g/mol. The van der Waals surface area contributed by atoms with E-state index in [4.69, 9.17) is 9.47 Å². The second-order valence-corrected chi connectivity index (χ2v) is 8.66. The Labute approximate surface area is 182 Å². The van der Waals surface area contributed by atoms with Gasteiger partial charge in [0.15, 0.2) is 0 Å². The molecule has 4 nitrogen and oxygen atoms in total. The highest BCUT2D eigenvalue weighted by Crippen LogP contribution is 2.29. The molecular formula is C26H40O4. The van der Waals surface area contributed by atoms with Crippen LogP contribution >= 0.6 is 0 Å². The third-order valence-electron chi connectivity index (χ3n) is 6.20. The maximum atomic E-state index is 12.6. The first-order valence-corrected chi connectivity index (χ1v) is 12.1. The van der Waals surface area contributed by atoms with Gasteiger partial charge < -0.3 is 9.47 Å². The van der Waals surface area contributed by atoms with Gasteiger partial charge in [0.2, 0.25) is 0 Å². The average molecular weight is 417 g/mol. The van der Waals surface area contributed by atoms with Crippen LogP contribution in [-0.4, -0.2) is 24.6 Å². The molecule has 0 bridgehead atoms. The highest BCUT2D eigenvalue weighted by atomic mass is 16.5. The summed E-state index contributed by atoms with van der Waals surface area (Å²) in [6, 6.07) is 6.81. The van der Waals surface area contributed by atoms with Crippen LogP contribution in [0.25, 0.3) is 0 Å². The topological polar surface area (TPSA) is 52.6 Å². The molecule has 0 aliphatic heterocycles. The predicted octanol–water partition coefficient (Wildman–Crippen LogP) is 7.11. The van der Waals surface area contributed by atoms with E-state index in [9.17, 15) is 9.59 Å². The third kappa shape index (κ3) is 8.49. The van der Waals surface area contributed by atoms with Crippen molar-refractivity contribution >= 4 is 11.9 Å². The maximum Gasteiger partial charge on any atom is 0.339 e. The summed E-state index contributed by atoms with van der Waals surface area (Å²) < 4.78 is 11.1. The van der Waals surface area contributed by atoms with Crippen LogP contribution in [0.15, 0.2) is 24.3 Å². The van der Waals surface area contributed by atoms with E-state index in [1.807, 2.05) is 6.92 Å². The van der Waals surface area contributed by atoms with Gasteiger partial charge in [-0.15, -0.1) is 0 Å². The second-order valence-electron chi connectivity index (χ2n) is 8.66. The summed E-state index contributed by atoms with van der Waals surface area (Å²) in [6.07, 6.45) is 15.5. The van der Waals surface area contributed by atoms with Crippen LogP contribution in [0.4, 0.5) is 0 Å². The molecule has 4 heteroatoms. The zero-order valence-corrected chi connectivity index (χ0v) is 19.0. The quantitative estimate of drug-likeness (QED) is 0.239. The van der Waals surface area contributed by atoms with Gasteiger partial charge in [0.1, 0.15) is 6.10 Å². The van der Waals surface area contributed by atoms with Crippen LogP contribution in [-0.2, 0) is 9.47 Å². The maximum absolute atomic E-state index is 12.6. The predicted molar refractivity (Wildman–Crippen MR) is 121 cm³/mol. The molecule has 1 unspecified atom stereocenters. The van der Waals surface area contributed by atoms with Crippen molar-refractivity contribution in [3.63, 3.8) is 0 Å². The van der Waals surface area contributed by atoms with E-state index < -0.39 is 11.9 Å². The summed E-state index contributed by atoms with van der Waals surface area (Å²) in [4.78, 5) is 25.2. The van der Waals surface area contributed by atoms with Gasteiger partial charge in [0.25, 0.3) is 0 Å². The SMILES string of the molecule is CCCCCCCCCCCOC(=O)c1ccccc1C(=O)OC(C)C1CCCC1. The molecule has 168 valence electrons. The number of ether oxygens (including phenoxy) is 2. The minimum absolute atomic E-state index is 0.119. The Kier molecular flexibility index (Phi) is 11.6. The van der Waals surface area contributed by atoms with E-state index in [1.165, 1.54) is 57.8 Å². The average Bonchev–Trinajstić information content (AvgIpc) is 3.30. The standard InChI is InChI=1S/C26H40O4/c1-3-4-5-6-7-8-9-10-15-20-29-25(27)23-18-13-14-19-24(23)26(28)30-21(2)22-16-11-12-17-22/h13-14,18-19,21-22H,3-12,15-17,20H2,1-2H3. The Balaban J connectivity index is 1.71. The van der Waals surface area contributed by atoms with Crippen LogP contribution in [0.2, 0.25) is 0 Å². The van der Waals surface area contributed by atoms with Gasteiger partial charge in [0.05, 0.1) is 17.7 Å². The number of rotatable bonds is 14. The molecule has 0 spiro atoms. The number of unbranched alkanes of at least 4 members (excludes halogenated alkanes) is 8. The van der Waals surface area contributed by atoms with Crippen molar-refractivity contribution in [2.45, 2.75) is 103 Å². The van der Waals surface area contributed by atoms with Crippen molar-refractivity contribution in [1.29, 1.82) is 0 Å². The smallest absolute Gasteiger partial charge is 0.339 e. The molecule has 1 aliphatic rings. The molecule has 0 aromatic heterocycles. The Morgan fingerprint density at radius 1 is 0.867 bits per heavy atom. The van der Waals surface area contributed by atoms with Gasteiger partial charge >= 0.3 is 11.9 Å². The van der Waals surface area contributed by atoms with Crippen molar-refractivity contribution in [3.8, 4) is 0 Å². The molecule has 1 aromatic rings. The lowest BCUT2D eigenvalue weighted by atomic mass is 10.0. The monoisotopic (exact) mass is 416 g/mol. The number of hydrogen-bond donors (Lipinski definition) is 0. The van der Waals surface area contributed by atoms with Gasteiger partial charge in [0, 0.05) is 0 Å². The van der Waals surface area contributed by atoms with Crippen LogP contribution in [0, 0.1) is 5.92 Å². The zero-order valence-electron chi connectivity index (χ0n) is 19.0. The fraction of sp³-hybridized carbons (Fsp3) is 0.692. The molecule has 0 heterocycles. The molecule has 2 rings (SSSR count). The Morgan fingerprint density at radius 2 is 1.40 bits per heavy atom. The van der Waals surface area contributed by atoms with Crippen molar-refractivity contribution in [2.75, 3.05) is 6.61 Å². The fourth-order valence-corrected chi connectivity index (χ4v) is 4.25. The third-order valence-corrected chi connectivity index (χ3v) is 6.20. The molecule has 1 saturated carbocycles. The Morgan fingerprint density at radius 3 is 2.00 bits per heavy atom. The van der Waals surface area contributed by atoms with Crippen LogP contribution in [0.3, 0.4) is 0 Å². The lowest BCUT2D eigenvalue weighted by Crippen LogP contribution is -2.23. The van der Waals surface area contributed by atoms with Gasteiger partial charge in [-0.1, -0.05) is 83.3 Å². The van der Waals surface area contributed by atoms with E-state index in [2.05, 4.69) is 6.92 Å². The van der Waals surface area contributed by atoms with Crippen molar-refractivity contribution < 1.29 is 19.1 Å². The van der Waals surface area contributed by atoms with Crippen molar-refractivity contribution in [1.82, 2.24) is 0 Å². The number of esters is 2. The van der Waals surface area contributed by atoms with Gasteiger partial charge in [-0.25, -0.2) is 9.59 Å². The lowest BCUT2D eigenvalue weighted by Gasteiger charge is -2.20. The fourth-order valence-electron chi connectivity index (χ4n) is 4.25. The largest absolute Gasteiger partial charge is 0.462 e. The molecule has 1 aromatic carbocycles. The minimum Gasteiger partial charge on any atom is -0.462 e. The number of benzene rings is 1. The van der Waals surface area contributed by atoms with Crippen molar-refractivity contribution in [3.05, 3.63) is 35.4 Å². The first kappa shape index (κ1) is 24.4. The minimum atomic E-state index is -0.435. The van der Waals surface area contributed by atoms with Crippen LogP contribution in [0.1, 0.15) is 118 Å². The molecule has 0 radical (unpaired) electrons. The summed E-state index contributed by atoms with van der Waals surface area (Å²) >= 11 is 0. The normalized spacial score (nSPS) is 15.1. The summed E-state index contributed by atoms with van der Waals surface area (Å²) in [6.45, 7) is 4.59. The summed E-state index contributed by atoms with van der Waals surface area (Å²) in [5, 5.41) is 0.